The van der Waals surface area contributed by atoms with Crippen LogP contribution in [0.2, 0.25) is 0 Å². The number of carbonyl (C=O) groups excluding carboxylic acids is 3. The van der Waals surface area contributed by atoms with E-state index in [4.69, 9.17) is 0 Å². The average Bonchev–Trinajstić information content (AvgIpc) is 2.86. The molecule has 0 radical (unpaired) electrons. The number of rotatable bonds is 5. The van der Waals surface area contributed by atoms with Gasteiger partial charge in [0.15, 0.2) is 0 Å². The SMILES string of the molecule is CC1(CCc2cccc(F)c2)NC(=O)N(NC(=O)Nc2ccc(Br)cc2)C1=O. The first-order valence-electron chi connectivity index (χ1n) is 8.51. The van der Waals surface area contributed by atoms with Crippen LogP contribution in [0.25, 0.3) is 0 Å². The minimum atomic E-state index is -1.20. The Morgan fingerprint density at radius 3 is 2.61 bits per heavy atom. The molecule has 2 aromatic rings. The number of anilines is 1. The average molecular weight is 449 g/mol. The van der Waals surface area contributed by atoms with Crippen LogP contribution in [0.1, 0.15) is 18.9 Å². The Kier molecular flexibility index (Phi) is 5.64. The minimum Gasteiger partial charge on any atom is -0.322 e. The van der Waals surface area contributed by atoms with Crippen molar-refractivity contribution in [2.45, 2.75) is 25.3 Å². The fraction of sp³-hybridized carbons (Fsp3) is 0.211. The molecule has 3 rings (SSSR count). The van der Waals surface area contributed by atoms with E-state index in [1.165, 1.54) is 12.1 Å². The van der Waals surface area contributed by atoms with Crippen molar-refractivity contribution in [3.63, 3.8) is 0 Å². The van der Waals surface area contributed by atoms with Gasteiger partial charge in [0.05, 0.1) is 0 Å². The molecular weight excluding hydrogens is 431 g/mol. The van der Waals surface area contributed by atoms with Crippen molar-refractivity contribution < 1.29 is 18.8 Å². The maximum atomic E-state index is 13.3. The Labute approximate surface area is 169 Å². The maximum Gasteiger partial charge on any atom is 0.344 e. The Morgan fingerprint density at radius 2 is 1.93 bits per heavy atom. The van der Waals surface area contributed by atoms with Crippen molar-refractivity contribution in [2.24, 2.45) is 0 Å². The van der Waals surface area contributed by atoms with Gasteiger partial charge < -0.3 is 10.6 Å². The number of nitrogens with one attached hydrogen (secondary N) is 3. The number of hydrogen-bond acceptors (Lipinski definition) is 3. The van der Waals surface area contributed by atoms with Crippen molar-refractivity contribution in [3.8, 4) is 0 Å². The van der Waals surface area contributed by atoms with E-state index in [-0.39, 0.29) is 12.2 Å². The van der Waals surface area contributed by atoms with Crippen LogP contribution in [0.15, 0.2) is 53.0 Å². The fourth-order valence-electron chi connectivity index (χ4n) is 2.84. The van der Waals surface area contributed by atoms with Gasteiger partial charge in [-0.15, -0.1) is 0 Å². The third-order valence-corrected chi connectivity index (χ3v) is 4.91. The second-order valence-electron chi connectivity index (χ2n) is 6.61. The molecule has 1 aliphatic rings. The molecule has 2 aromatic carbocycles. The highest BCUT2D eigenvalue weighted by Crippen LogP contribution is 2.22. The Bertz CT molecular complexity index is 922. The number of urea groups is 2. The second-order valence-corrected chi connectivity index (χ2v) is 7.52. The largest absolute Gasteiger partial charge is 0.344 e. The Balaban J connectivity index is 1.61. The lowest BCUT2D eigenvalue weighted by molar-refractivity contribution is -0.132. The molecule has 5 amide bonds. The van der Waals surface area contributed by atoms with Crippen LogP contribution in [0.4, 0.5) is 19.7 Å². The summed E-state index contributed by atoms with van der Waals surface area (Å²) in [5.41, 5.74) is 2.27. The number of hydrazine groups is 1. The number of benzene rings is 2. The molecule has 28 heavy (non-hydrogen) atoms. The highest BCUT2D eigenvalue weighted by Gasteiger charge is 2.48. The van der Waals surface area contributed by atoms with E-state index in [1.807, 2.05) is 0 Å². The van der Waals surface area contributed by atoms with Gasteiger partial charge in [-0.3, -0.25) is 4.79 Å². The van der Waals surface area contributed by atoms with Crippen molar-refractivity contribution in [1.29, 1.82) is 0 Å². The lowest BCUT2D eigenvalue weighted by Gasteiger charge is -2.21. The second kappa shape index (κ2) is 7.97. The van der Waals surface area contributed by atoms with Gasteiger partial charge in [-0.1, -0.05) is 28.1 Å². The van der Waals surface area contributed by atoms with Crippen LogP contribution in [0, 0.1) is 5.82 Å². The molecular formula is C19H18BrFN4O3. The summed E-state index contributed by atoms with van der Waals surface area (Å²) < 4.78 is 14.2. The molecule has 1 atom stereocenters. The maximum absolute atomic E-state index is 13.3. The van der Waals surface area contributed by atoms with Gasteiger partial charge in [0.25, 0.3) is 5.91 Å². The van der Waals surface area contributed by atoms with E-state index in [0.717, 1.165) is 4.47 Å². The topological polar surface area (TPSA) is 90.5 Å². The van der Waals surface area contributed by atoms with Crippen LogP contribution in [0.3, 0.4) is 0 Å². The molecule has 1 unspecified atom stereocenters. The molecule has 1 saturated heterocycles. The first-order valence-corrected chi connectivity index (χ1v) is 9.30. The molecule has 0 aromatic heterocycles. The van der Waals surface area contributed by atoms with Crippen LogP contribution in [-0.4, -0.2) is 28.5 Å². The van der Waals surface area contributed by atoms with Crippen LogP contribution < -0.4 is 16.1 Å². The predicted octanol–water partition coefficient (Wildman–Crippen LogP) is 3.57. The van der Waals surface area contributed by atoms with Crippen LogP contribution in [0.5, 0.6) is 0 Å². The van der Waals surface area contributed by atoms with Crippen molar-refractivity contribution in [3.05, 3.63) is 64.4 Å². The standard InChI is InChI=1S/C19H18BrFN4O3/c1-19(10-9-12-3-2-4-14(21)11-12)16(26)25(18(28)23-19)24-17(27)22-15-7-5-13(20)6-8-15/h2-8,11H,9-10H2,1H3,(H,23,28)(H2,22,24,27). The summed E-state index contributed by atoms with van der Waals surface area (Å²) in [6.07, 6.45) is 0.646. The molecule has 1 fully saturated rings. The van der Waals surface area contributed by atoms with Crippen molar-refractivity contribution in [1.82, 2.24) is 15.8 Å². The third kappa shape index (κ3) is 4.48. The summed E-state index contributed by atoms with van der Waals surface area (Å²) >= 11 is 3.29. The number of nitrogens with zero attached hydrogens (tertiary/aromatic N) is 1. The molecule has 1 heterocycles. The molecule has 7 nitrogen and oxygen atoms in total. The first kappa shape index (κ1) is 19.8. The summed E-state index contributed by atoms with van der Waals surface area (Å²) in [6.45, 7) is 1.57. The number of amides is 5. The number of hydrogen-bond donors (Lipinski definition) is 3. The zero-order valence-corrected chi connectivity index (χ0v) is 16.5. The van der Waals surface area contributed by atoms with E-state index < -0.39 is 23.5 Å². The van der Waals surface area contributed by atoms with Crippen molar-refractivity contribution in [2.75, 3.05) is 5.32 Å². The summed E-state index contributed by atoms with van der Waals surface area (Å²) in [5.74, 6) is -0.947. The third-order valence-electron chi connectivity index (χ3n) is 4.38. The molecule has 0 spiro atoms. The lowest BCUT2D eigenvalue weighted by Crippen LogP contribution is -2.50. The zero-order valence-electron chi connectivity index (χ0n) is 15.0. The molecule has 0 aliphatic carbocycles. The van der Waals surface area contributed by atoms with Gasteiger partial charge in [-0.25, -0.2) is 19.4 Å². The Morgan fingerprint density at radius 1 is 1.21 bits per heavy atom. The molecule has 0 bridgehead atoms. The smallest absolute Gasteiger partial charge is 0.322 e. The monoisotopic (exact) mass is 448 g/mol. The summed E-state index contributed by atoms with van der Waals surface area (Å²) in [7, 11) is 0. The van der Waals surface area contributed by atoms with E-state index in [0.29, 0.717) is 22.7 Å². The highest BCUT2D eigenvalue weighted by molar-refractivity contribution is 9.10. The molecule has 146 valence electrons. The normalized spacial score (nSPS) is 18.8. The van der Waals surface area contributed by atoms with Gasteiger partial charge in [0, 0.05) is 10.2 Å². The van der Waals surface area contributed by atoms with Gasteiger partial charge in [-0.05, 0) is 61.7 Å². The molecule has 0 saturated carbocycles. The van der Waals surface area contributed by atoms with E-state index in [1.54, 1.807) is 43.3 Å². The number of carbonyl (C=O) groups is 3. The number of imide groups is 1. The summed E-state index contributed by atoms with van der Waals surface area (Å²) in [4.78, 5) is 37.0. The number of halogens is 2. The lowest BCUT2D eigenvalue weighted by atomic mass is 9.93. The van der Waals surface area contributed by atoms with E-state index in [2.05, 4.69) is 32.0 Å². The van der Waals surface area contributed by atoms with Gasteiger partial charge in [0.1, 0.15) is 11.4 Å². The van der Waals surface area contributed by atoms with Crippen LogP contribution >= 0.6 is 15.9 Å². The molecule has 9 heteroatoms. The Hall–Kier alpha value is -2.94. The van der Waals surface area contributed by atoms with E-state index >= 15 is 0 Å². The predicted molar refractivity (Wildman–Crippen MR) is 105 cm³/mol. The highest BCUT2D eigenvalue weighted by atomic mass is 79.9. The van der Waals surface area contributed by atoms with Crippen LogP contribution in [-0.2, 0) is 11.2 Å². The minimum absolute atomic E-state index is 0.257. The van der Waals surface area contributed by atoms with Gasteiger partial charge in [0.2, 0.25) is 0 Å². The van der Waals surface area contributed by atoms with Gasteiger partial charge in [-0.2, -0.15) is 5.01 Å². The summed E-state index contributed by atoms with van der Waals surface area (Å²) in [5, 5.41) is 5.78. The number of aryl methyl sites for hydroxylation is 1. The molecule has 1 aliphatic heterocycles. The van der Waals surface area contributed by atoms with Crippen molar-refractivity contribution >= 4 is 39.6 Å². The summed E-state index contributed by atoms with van der Waals surface area (Å²) in [6, 6.07) is 11.4. The quantitative estimate of drug-likeness (QED) is 0.610. The first-order chi connectivity index (χ1) is 13.3. The fourth-order valence-corrected chi connectivity index (χ4v) is 3.10. The van der Waals surface area contributed by atoms with E-state index in [9.17, 15) is 18.8 Å². The molecule has 3 N–H and O–H groups in total. The zero-order chi connectivity index (χ0) is 20.3. The van der Waals surface area contributed by atoms with Gasteiger partial charge >= 0.3 is 12.1 Å².